The van der Waals surface area contributed by atoms with Gasteiger partial charge in [0.05, 0.1) is 11.8 Å². The Kier molecular flexibility index (Phi) is 5.58. The molecular weight excluding hydrogens is 348 g/mol. The van der Waals surface area contributed by atoms with Crippen molar-refractivity contribution in [1.82, 2.24) is 4.90 Å². The van der Waals surface area contributed by atoms with Crippen LogP contribution in [0.1, 0.15) is 38.2 Å². The van der Waals surface area contributed by atoms with E-state index in [1.807, 2.05) is 19.1 Å². The highest BCUT2D eigenvalue weighted by atomic mass is 16.5. The second-order valence-corrected chi connectivity index (χ2v) is 7.25. The first-order chi connectivity index (χ1) is 12.9. The summed E-state index contributed by atoms with van der Waals surface area (Å²) in [6, 6.07) is 7.23. The first-order valence-electron chi connectivity index (χ1n) is 9.29. The van der Waals surface area contributed by atoms with Gasteiger partial charge in [-0.1, -0.05) is 30.5 Å². The van der Waals surface area contributed by atoms with Crippen LogP contribution in [-0.2, 0) is 23.9 Å². The van der Waals surface area contributed by atoms with Crippen LogP contribution in [0.25, 0.3) is 0 Å². The summed E-state index contributed by atoms with van der Waals surface area (Å²) in [5.74, 6) is -2.43. The van der Waals surface area contributed by atoms with Gasteiger partial charge in [-0.3, -0.25) is 24.1 Å². The van der Waals surface area contributed by atoms with Gasteiger partial charge < -0.3 is 10.1 Å². The van der Waals surface area contributed by atoms with Crippen LogP contribution in [0.2, 0.25) is 0 Å². The van der Waals surface area contributed by atoms with Gasteiger partial charge in [-0.05, 0) is 38.8 Å². The van der Waals surface area contributed by atoms with Gasteiger partial charge in [-0.15, -0.1) is 0 Å². The predicted molar refractivity (Wildman–Crippen MR) is 97.5 cm³/mol. The van der Waals surface area contributed by atoms with Crippen molar-refractivity contribution in [3.63, 3.8) is 0 Å². The van der Waals surface area contributed by atoms with Crippen molar-refractivity contribution in [3.05, 3.63) is 29.8 Å². The summed E-state index contributed by atoms with van der Waals surface area (Å²) in [6.07, 6.45) is 2.20. The lowest BCUT2D eigenvalue weighted by Crippen LogP contribution is -2.39. The number of hydrogen-bond donors (Lipinski definition) is 1. The van der Waals surface area contributed by atoms with E-state index >= 15 is 0 Å². The van der Waals surface area contributed by atoms with E-state index < -0.39 is 24.5 Å². The van der Waals surface area contributed by atoms with Gasteiger partial charge in [0.1, 0.15) is 6.54 Å². The van der Waals surface area contributed by atoms with Gasteiger partial charge >= 0.3 is 5.97 Å². The number of imide groups is 1. The molecule has 1 N–H and O–H groups in total. The quantitative estimate of drug-likeness (QED) is 0.631. The fraction of sp³-hybridized carbons (Fsp3) is 0.500. The average molecular weight is 372 g/mol. The molecule has 27 heavy (non-hydrogen) atoms. The van der Waals surface area contributed by atoms with Gasteiger partial charge in [0.15, 0.2) is 6.10 Å². The number of ether oxygens (including phenoxy) is 1. The number of fused-ring (bicyclic) bond motifs is 1. The van der Waals surface area contributed by atoms with Crippen LogP contribution in [0.3, 0.4) is 0 Å². The number of carbonyl (C=O) groups excluding carboxylic acids is 4. The van der Waals surface area contributed by atoms with E-state index in [2.05, 4.69) is 5.32 Å². The standard InChI is InChI=1S/C20H24N2O5/c1-12-7-9-14(10-8-12)21-18(24)13(2)27-17(23)11-22-19(25)15-5-3-4-6-16(15)20(22)26/h7-10,13,15-16H,3-6,11H2,1-2H3,(H,21,24)/t13-,15-,16-/m0/s1. The first-order valence-corrected chi connectivity index (χ1v) is 9.29. The number of esters is 1. The van der Waals surface area contributed by atoms with Crippen molar-refractivity contribution >= 4 is 29.4 Å². The Labute approximate surface area is 158 Å². The lowest BCUT2D eigenvalue weighted by atomic mass is 9.81. The molecule has 1 heterocycles. The molecule has 0 bridgehead atoms. The third-order valence-electron chi connectivity index (χ3n) is 5.22. The van der Waals surface area contributed by atoms with Crippen molar-refractivity contribution in [3.8, 4) is 0 Å². The van der Waals surface area contributed by atoms with Crippen LogP contribution in [0.4, 0.5) is 5.69 Å². The van der Waals surface area contributed by atoms with Crippen molar-refractivity contribution in [2.75, 3.05) is 11.9 Å². The Hall–Kier alpha value is -2.70. The van der Waals surface area contributed by atoms with Crippen molar-refractivity contribution in [2.45, 2.75) is 45.6 Å². The Morgan fingerprint density at radius 3 is 2.22 bits per heavy atom. The lowest BCUT2D eigenvalue weighted by molar-refractivity contribution is -0.158. The number of nitrogens with zero attached hydrogens (tertiary/aromatic N) is 1. The molecule has 0 spiro atoms. The summed E-state index contributed by atoms with van der Waals surface area (Å²) >= 11 is 0. The topological polar surface area (TPSA) is 92.8 Å². The number of nitrogens with one attached hydrogen (secondary N) is 1. The molecule has 1 aromatic rings. The highest BCUT2D eigenvalue weighted by Crippen LogP contribution is 2.37. The molecule has 7 nitrogen and oxygen atoms in total. The highest BCUT2D eigenvalue weighted by Gasteiger charge is 2.48. The number of likely N-dealkylation sites (tertiary alicyclic amines) is 1. The minimum Gasteiger partial charge on any atom is -0.451 e. The molecule has 0 unspecified atom stereocenters. The van der Waals surface area contributed by atoms with Crippen LogP contribution < -0.4 is 5.32 Å². The largest absolute Gasteiger partial charge is 0.451 e. The number of amides is 3. The number of aryl methyl sites for hydroxylation is 1. The number of rotatable bonds is 5. The van der Waals surface area contributed by atoms with E-state index in [0.717, 1.165) is 23.3 Å². The number of anilines is 1. The monoisotopic (exact) mass is 372 g/mol. The predicted octanol–water partition coefficient (Wildman–Crippen LogP) is 2.04. The second kappa shape index (κ2) is 7.90. The van der Waals surface area contributed by atoms with Gasteiger partial charge in [-0.25, -0.2) is 0 Å². The van der Waals surface area contributed by atoms with Crippen molar-refractivity contribution in [1.29, 1.82) is 0 Å². The maximum Gasteiger partial charge on any atom is 0.326 e. The van der Waals surface area contributed by atoms with Crippen LogP contribution in [0.5, 0.6) is 0 Å². The maximum absolute atomic E-state index is 12.4. The second-order valence-electron chi connectivity index (χ2n) is 7.25. The third-order valence-corrected chi connectivity index (χ3v) is 5.22. The van der Waals surface area contributed by atoms with E-state index in [1.54, 1.807) is 12.1 Å². The van der Waals surface area contributed by atoms with Crippen LogP contribution in [0, 0.1) is 18.8 Å². The fourth-order valence-electron chi connectivity index (χ4n) is 3.68. The SMILES string of the molecule is Cc1ccc(NC(=O)[C@H](C)OC(=O)CN2C(=O)[C@H]3CCCC[C@@H]3C2=O)cc1. The van der Waals surface area contributed by atoms with E-state index in [1.165, 1.54) is 6.92 Å². The van der Waals surface area contributed by atoms with Gasteiger partial charge in [0.25, 0.3) is 5.91 Å². The van der Waals surface area contributed by atoms with E-state index in [4.69, 9.17) is 4.74 Å². The Morgan fingerprint density at radius 2 is 1.67 bits per heavy atom. The molecule has 144 valence electrons. The zero-order valence-corrected chi connectivity index (χ0v) is 15.6. The summed E-state index contributed by atoms with van der Waals surface area (Å²) in [4.78, 5) is 50.1. The molecule has 1 saturated heterocycles. The van der Waals surface area contributed by atoms with Gasteiger partial charge in [-0.2, -0.15) is 0 Å². The minimum atomic E-state index is -1.03. The molecule has 2 fully saturated rings. The number of benzene rings is 1. The molecule has 3 rings (SSSR count). The number of hydrogen-bond acceptors (Lipinski definition) is 5. The highest BCUT2D eigenvalue weighted by molar-refractivity contribution is 6.07. The Morgan fingerprint density at radius 1 is 1.11 bits per heavy atom. The Bertz CT molecular complexity index is 734. The lowest BCUT2D eigenvalue weighted by Gasteiger charge is -2.19. The summed E-state index contributed by atoms with van der Waals surface area (Å²) < 4.78 is 5.12. The smallest absolute Gasteiger partial charge is 0.326 e. The fourth-order valence-corrected chi connectivity index (χ4v) is 3.68. The number of carbonyl (C=O) groups is 4. The molecule has 7 heteroatoms. The van der Waals surface area contributed by atoms with Crippen LogP contribution >= 0.6 is 0 Å². The molecule has 3 atom stereocenters. The summed E-state index contributed by atoms with van der Waals surface area (Å²) in [5.41, 5.74) is 1.66. The van der Waals surface area contributed by atoms with E-state index in [0.29, 0.717) is 18.5 Å². The molecule has 1 saturated carbocycles. The maximum atomic E-state index is 12.4. The van der Waals surface area contributed by atoms with Crippen molar-refractivity contribution in [2.24, 2.45) is 11.8 Å². The molecule has 2 aliphatic rings. The minimum absolute atomic E-state index is 0.293. The Balaban J connectivity index is 1.53. The molecule has 0 radical (unpaired) electrons. The average Bonchev–Trinajstić information content (AvgIpc) is 2.89. The van der Waals surface area contributed by atoms with Crippen molar-refractivity contribution < 1.29 is 23.9 Å². The molecular formula is C20H24N2O5. The molecule has 1 aliphatic carbocycles. The third kappa shape index (κ3) is 4.18. The molecule has 3 amide bonds. The zero-order valence-electron chi connectivity index (χ0n) is 15.6. The molecule has 0 aromatic heterocycles. The first kappa shape index (κ1) is 19.1. The summed E-state index contributed by atoms with van der Waals surface area (Å²) in [5, 5.41) is 2.66. The van der Waals surface area contributed by atoms with Crippen LogP contribution in [0.15, 0.2) is 24.3 Å². The molecule has 1 aromatic carbocycles. The van der Waals surface area contributed by atoms with Gasteiger partial charge in [0, 0.05) is 5.69 Å². The normalized spacial score (nSPS) is 23.0. The molecule has 1 aliphatic heterocycles. The summed E-state index contributed by atoms with van der Waals surface area (Å²) in [7, 11) is 0. The summed E-state index contributed by atoms with van der Waals surface area (Å²) in [6.45, 7) is 2.95. The van der Waals surface area contributed by atoms with Crippen LogP contribution in [-0.4, -0.2) is 41.2 Å². The van der Waals surface area contributed by atoms with E-state index in [-0.39, 0.29) is 23.7 Å². The van der Waals surface area contributed by atoms with Gasteiger partial charge in [0.2, 0.25) is 11.8 Å². The van der Waals surface area contributed by atoms with E-state index in [9.17, 15) is 19.2 Å². The zero-order chi connectivity index (χ0) is 19.6.